The van der Waals surface area contributed by atoms with Gasteiger partial charge in [0.2, 0.25) is 0 Å². The van der Waals surface area contributed by atoms with E-state index < -0.39 is 17.6 Å². The Morgan fingerprint density at radius 2 is 2.14 bits per heavy atom. The van der Waals surface area contributed by atoms with Gasteiger partial charge in [0.1, 0.15) is 5.82 Å². The van der Waals surface area contributed by atoms with Crippen molar-refractivity contribution in [2.45, 2.75) is 26.1 Å². The van der Waals surface area contributed by atoms with Crippen molar-refractivity contribution >= 4 is 11.5 Å². The number of hydrogen-bond acceptors (Lipinski definition) is 3. The zero-order valence-corrected chi connectivity index (χ0v) is 12.1. The van der Waals surface area contributed by atoms with Crippen molar-refractivity contribution < 1.29 is 4.15 Å². The van der Waals surface area contributed by atoms with Gasteiger partial charge in [-0.2, -0.15) is 0 Å². The van der Waals surface area contributed by atoms with Crippen LogP contribution in [0.25, 0.3) is 0 Å². The summed E-state index contributed by atoms with van der Waals surface area (Å²) in [6, 6.07) is 6.91. The molecule has 110 valence electrons. The molecule has 5 nitrogen and oxygen atoms in total. The third kappa shape index (κ3) is 2.18. The van der Waals surface area contributed by atoms with Gasteiger partial charge in [-0.05, 0) is 18.1 Å². The predicted molar refractivity (Wildman–Crippen MR) is 83.5 cm³/mol. The number of para-hydroxylation sites is 1. The van der Waals surface area contributed by atoms with Crippen molar-refractivity contribution in [3.05, 3.63) is 56.2 Å². The lowest BCUT2D eigenvalue weighted by Gasteiger charge is -2.32. The summed E-state index contributed by atoms with van der Waals surface area (Å²) >= 11 is 0. The van der Waals surface area contributed by atoms with Crippen LogP contribution in [0.15, 0.2) is 33.9 Å². The summed E-state index contributed by atoms with van der Waals surface area (Å²) in [5.74, 6) is 0.0280. The monoisotopic (exact) mass is 288 g/mol. The standard InChI is InChI=1S/C16H19N3O2/c1-3-4-9-19-13-8-6-5-7-11(13)10-12-14(19)17-16(21)18(2)15(12)20/h5-8H,3-4,9-10H2,1-2H3,(H,17,21)/i10D2/hD. The van der Waals surface area contributed by atoms with E-state index in [4.69, 9.17) is 4.15 Å². The molecule has 0 amide bonds. The topological polar surface area (TPSA) is 58.1 Å². The number of nitrogens with one attached hydrogen (secondary N) is 1. The van der Waals surface area contributed by atoms with Gasteiger partial charge in [0.25, 0.3) is 5.56 Å². The number of rotatable bonds is 3. The van der Waals surface area contributed by atoms with Crippen LogP contribution in [0.5, 0.6) is 0 Å². The lowest BCUT2D eigenvalue weighted by atomic mass is 9.98. The molecule has 0 bridgehead atoms. The molecule has 0 fully saturated rings. The molecule has 0 unspecified atom stereocenters. The highest BCUT2D eigenvalue weighted by Crippen LogP contribution is 2.35. The number of fused-ring (bicyclic) bond motifs is 2. The summed E-state index contributed by atoms with van der Waals surface area (Å²) < 4.78 is 25.9. The lowest BCUT2D eigenvalue weighted by molar-refractivity contribution is 0.721. The summed E-state index contributed by atoms with van der Waals surface area (Å²) in [5.41, 5.74) is -0.661. The van der Waals surface area contributed by atoms with E-state index in [0.29, 0.717) is 22.8 Å². The second-order valence-electron chi connectivity index (χ2n) is 5.10. The number of unbranched alkanes of at least 4 members (excludes halogenated alkanes) is 1. The normalized spacial score (nSPS) is 17.4. The number of H-pyrrole nitrogens is 1. The molecule has 21 heavy (non-hydrogen) atoms. The Balaban J connectivity index is 2.43. The molecular weight excluding hydrogens is 266 g/mol. The first-order valence-corrected chi connectivity index (χ1v) is 7.05. The highest BCUT2D eigenvalue weighted by Gasteiger charge is 2.26. The highest BCUT2D eigenvalue weighted by molar-refractivity contribution is 5.71. The molecule has 1 aliphatic rings. The van der Waals surface area contributed by atoms with Gasteiger partial charge in [0.05, 0.1) is 5.56 Å². The van der Waals surface area contributed by atoms with Crippen LogP contribution in [0, 0.1) is 0 Å². The summed E-state index contributed by atoms with van der Waals surface area (Å²) in [7, 11) is 1.27. The maximum atomic E-state index is 12.6. The molecule has 1 N–H and O–H groups in total. The Labute approximate surface area is 127 Å². The quantitative estimate of drug-likeness (QED) is 0.938. The summed E-state index contributed by atoms with van der Waals surface area (Å²) in [6.07, 6.45) is -0.381. The fourth-order valence-corrected chi connectivity index (χ4v) is 2.48. The van der Waals surface area contributed by atoms with Crippen LogP contribution in [0.3, 0.4) is 0 Å². The van der Waals surface area contributed by atoms with Crippen LogP contribution in [0.4, 0.5) is 11.5 Å². The average Bonchev–Trinajstić information content (AvgIpc) is 2.57. The van der Waals surface area contributed by atoms with Crippen molar-refractivity contribution in [3.63, 3.8) is 0 Å². The van der Waals surface area contributed by atoms with Crippen LogP contribution < -0.4 is 16.1 Å². The van der Waals surface area contributed by atoms with Crippen molar-refractivity contribution in [3.8, 4) is 0 Å². The molecule has 0 atom stereocenters. The number of nitrogens with zero attached hydrogens (tertiary/aromatic N) is 2. The zero-order valence-electron chi connectivity index (χ0n) is 15.1. The van der Waals surface area contributed by atoms with E-state index in [1.807, 2.05) is 6.92 Å². The Hall–Kier alpha value is -2.30. The van der Waals surface area contributed by atoms with E-state index >= 15 is 0 Å². The molecule has 0 aliphatic carbocycles. The van der Waals surface area contributed by atoms with Gasteiger partial charge in [-0.1, -0.05) is 31.5 Å². The molecule has 0 radical (unpaired) electrons. The largest absolute Gasteiger partial charge is 0.329 e. The fraction of sp³-hybridized carbons (Fsp3) is 0.375. The number of aromatic amines is 1. The minimum atomic E-state index is -2.07. The number of benzene rings is 1. The average molecular weight is 288 g/mol. The van der Waals surface area contributed by atoms with Gasteiger partial charge in [0, 0.05) is 28.4 Å². The van der Waals surface area contributed by atoms with E-state index in [-0.39, 0.29) is 11.4 Å². The molecule has 1 aromatic carbocycles. The van der Waals surface area contributed by atoms with Gasteiger partial charge in [-0.3, -0.25) is 14.3 Å². The van der Waals surface area contributed by atoms with Crippen molar-refractivity contribution in [1.29, 1.82) is 0 Å². The van der Waals surface area contributed by atoms with E-state index in [1.54, 1.807) is 29.2 Å². The van der Waals surface area contributed by atoms with Crippen LogP contribution in [0.2, 0.25) is 1.41 Å². The molecule has 2 heterocycles. The number of aromatic nitrogens is 2. The fourth-order valence-electron chi connectivity index (χ4n) is 2.48. The first-order chi connectivity index (χ1) is 11.3. The first kappa shape index (κ1) is 10.4. The molecule has 0 spiro atoms. The van der Waals surface area contributed by atoms with Gasteiger partial charge in [-0.25, -0.2) is 4.79 Å². The smallest absolute Gasteiger partial charge is 0.327 e. The van der Waals surface area contributed by atoms with Crippen LogP contribution >= 0.6 is 0 Å². The van der Waals surface area contributed by atoms with Crippen LogP contribution in [-0.4, -0.2) is 16.1 Å². The zero-order chi connectivity index (χ0) is 17.6. The predicted octanol–water partition coefficient (Wildman–Crippen LogP) is 1.92. The Morgan fingerprint density at radius 3 is 2.90 bits per heavy atom. The van der Waals surface area contributed by atoms with E-state index in [0.717, 1.165) is 17.4 Å². The van der Waals surface area contributed by atoms with E-state index in [9.17, 15) is 9.59 Å². The van der Waals surface area contributed by atoms with Gasteiger partial charge < -0.3 is 4.90 Å². The summed E-state index contributed by atoms with van der Waals surface area (Å²) in [4.78, 5) is 27.2. The maximum absolute atomic E-state index is 12.6. The van der Waals surface area contributed by atoms with Gasteiger partial charge >= 0.3 is 5.69 Å². The van der Waals surface area contributed by atoms with Crippen LogP contribution in [-0.2, 0) is 13.4 Å². The van der Waals surface area contributed by atoms with Gasteiger partial charge in [0.15, 0.2) is 1.41 Å². The Kier molecular flexibility index (Phi) is 2.60. The Bertz CT molecular complexity index is 918. The Morgan fingerprint density at radius 1 is 1.38 bits per heavy atom. The van der Waals surface area contributed by atoms with Crippen LogP contribution in [0.1, 0.15) is 33.6 Å². The molecule has 1 aliphatic heterocycles. The molecule has 3 rings (SSSR count). The second kappa shape index (κ2) is 5.24. The van der Waals surface area contributed by atoms with Crippen molar-refractivity contribution in [2.24, 2.45) is 7.05 Å². The SMILES string of the molecule is [2H]n1c2c(c(=O)n(C)c1=O)C([2H])([2H])c1ccccc1N2CCCC. The molecule has 0 saturated carbocycles. The third-order valence-corrected chi connectivity index (χ3v) is 3.68. The molecule has 0 saturated heterocycles. The highest BCUT2D eigenvalue weighted by atomic mass is 16.2. The van der Waals surface area contributed by atoms with Crippen molar-refractivity contribution in [1.82, 2.24) is 9.54 Å². The summed E-state index contributed by atoms with van der Waals surface area (Å²) in [5, 5.41) is 0. The van der Waals surface area contributed by atoms with E-state index in [1.165, 1.54) is 7.05 Å². The molecule has 5 heteroatoms. The first-order valence-electron chi connectivity index (χ1n) is 8.50. The summed E-state index contributed by atoms with van der Waals surface area (Å²) in [6.45, 7) is 2.52. The number of hydrogen-bond donors (Lipinski definition) is 1. The third-order valence-electron chi connectivity index (χ3n) is 3.68. The maximum Gasteiger partial charge on any atom is 0.329 e. The van der Waals surface area contributed by atoms with Gasteiger partial charge in [-0.15, -0.1) is 0 Å². The van der Waals surface area contributed by atoms with Crippen molar-refractivity contribution in [2.75, 3.05) is 11.4 Å². The second-order valence-corrected chi connectivity index (χ2v) is 5.10. The molecular formula is C16H19N3O2. The molecule has 1 aromatic heterocycles. The van der Waals surface area contributed by atoms with E-state index in [2.05, 4.69) is 0 Å². The number of anilines is 2. The minimum absolute atomic E-state index is 0.0280. The molecule has 2 aromatic rings. The lowest BCUT2D eigenvalue weighted by Crippen LogP contribution is -2.40. The minimum Gasteiger partial charge on any atom is -0.327 e.